The molecule has 0 bridgehead atoms. The van der Waals surface area contributed by atoms with E-state index in [1.165, 1.54) is 13.0 Å². The number of ketones is 2. The molecule has 150 valence electrons. The predicted octanol–water partition coefficient (Wildman–Crippen LogP) is 5.20. The smallest absolute Gasteiger partial charge is 0.219 e. The van der Waals surface area contributed by atoms with Crippen molar-refractivity contribution < 1.29 is 14.3 Å². The van der Waals surface area contributed by atoms with Crippen LogP contribution in [0.1, 0.15) is 50.2 Å². The van der Waals surface area contributed by atoms with Crippen LogP contribution in [0.3, 0.4) is 0 Å². The van der Waals surface area contributed by atoms with E-state index >= 15 is 0 Å². The molecule has 1 heterocycles. The molecule has 0 fully saturated rings. The minimum atomic E-state index is -0.435. The number of Topliss-reactive ketones (excluding diaryl/α,β-unsaturated/α-hetero) is 2. The molecule has 1 N–H and O–H groups in total. The molecule has 5 nitrogen and oxygen atoms in total. The zero-order valence-corrected chi connectivity index (χ0v) is 17.2. The Morgan fingerprint density at radius 2 is 1.73 bits per heavy atom. The van der Waals surface area contributed by atoms with Gasteiger partial charge >= 0.3 is 0 Å². The number of nitriles is 1. The minimum absolute atomic E-state index is 0.00703. The summed E-state index contributed by atoms with van der Waals surface area (Å²) in [6.45, 7) is 5.37. The summed E-state index contributed by atoms with van der Waals surface area (Å²) in [5.41, 5.74) is 3.73. The van der Waals surface area contributed by atoms with Crippen molar-refractivity contribution in [3.8, 4) is 11.8 Å². The predicted molar refractivity (Wildman–Crippen MR) is 115 cm³/mol. The van der Waals surface area contributed by atoms with Gasteiger partial charge in [-0.3, -0.25) is 9.59 Å². The SMILES string of the molecule is CC(=O)c1c(C)[nH]c(C(=O)/C(C#N)=C\c2ccc(OCc3ccccc3)cc2)c1C. The first-order chi connectivity index (χ1) is 14.4. The summed E-state index contributed by atoms with van der Waals surface area (Å²) < 4.78 is 5.76. The number of nitrogens with zero attached hydrogens (tertiary/aromatic N) is 1. The van der Waals surface area contributed by atoms with Gasteiger partial charge in [0.05, 0.1) is 5.69 Å². The summed E-state index contributed by atoms with van der Waals surface area (Å²) in [7, 11) is 0. The molecule has 5 heteroatoms. The number of aromatic amines is 1. The van der Waals surface area contributed by atoms with Gasteiger partial charge < -0.3 is 9.72 Å². The van der Waals surface area contributed by atoms with E-state index in [0.29, 0.717) is 34.7 Å². The lowest BCUT2D eigenvalue weighted by Gasteiger charge is -2.06. The highest BCUT2D eigenvalue weighted by molar-refractivity contribution is 6.15. The summed E-state index contributed by atoms with van der Waals surface area (Å²) in [6.07, 6.45) is 1.53. The Morgan fingerprint density at radius 1 is 1.07 bits per heavy atom. The topological polar surface area (TPSA) is 83.0 Å². The van der Waals surface area contributed by atoms with Gasteiger partial charge in [0.2, 0.25) is 5.78 Å². The van der Waals surface area contributed by atoms with E-state index < -0.39 is 5.78 Å². The molecule has 30 heavy (non-hydrogen) atoms. The number of nitrogens with one attached hydrogen (secondary N) is 1. The highest BCUT2D eigenvalue weighted by atomic mass is 16.5. The van der Waals surface area contributed by atoms with E-state index in [1.54, 1.807) is 38.1 Å². The van der Waals surface area contributed by atoms with Gasteiger partial charge in [-0.25, -0.2) is 0 Å². The number of allylic oxidation sites excluding steroid dienone is 1. The Bertz CT molecular complexity index is 1150. The van der Waals surface area contributed by atoms with Crippen LogP contribution in [0.4, 0.5) is 0 Å². The van der Waals surface area contributed by atoms with E-state index in [2.05, 4.69) is 4.98 Å². The molecule has 0 aliphatic carbocycles. The normalized spacial score (nSPS) is 11.1. The summed E-state index contributed by atoms with van der Waals surface area (Å²) in [5.74, 6) is 0.145. The van der Waals surface area contributed by atoms with Crippen LogP contribution in [0.5, 0.6) is 5.75 Å². The van der Waals surface area contributed by atoms with Crippen LogP contribution in [0.25, 0.3) is 6.08 Å². The Hall–Kier alpha value is -3.91. The zero-order chi connectivity index (χ0) is 21.7. The molecule has 0 spiro atoms. The van der Waals surface area contributed by atoms with Gasteiger partial charge in [-0.05, 0) is 55.7 Å². The lowest BCUT2D eigenvalue weighted by atomic mass is 10.0. The number of hydrogen-bond donors (Lipinski definition) is 1. The second-order valence-corrected chi connectivity index (χ2v) is 7.02. The molecule has 1 aromatic heterocycles. The first-order valence-corrected chi connectivity index (χ1v) is 9.54. The molecule has 2 aromatic carbocycles. The maximum Gasteiger partial charge on any atom is 0.219 e. The number of rotatable bonds is 7. The summed E-state index contributed by atoms with van der Waals surface area (Å²) >= 11 is 0. The standard InChI is InChI=1S/C25H22N2O3/c1-16-23(18(3)28)17(2)27-24(16)25(29)21(14-26)13-19-9-11-22(12-10-19)30-15-20-7-5-4-6-8-20/h4-13,27H,15H2,1-3H3/b21-13-. The Balaban J connectivity index is 1.77. The Kier molecular flexibility index (Phi) is 6.29. The Labute approximate surface area is 175 Å². The van der Waals surface area contributed by atoms with E-state index in [0.717, 1.165) is 5.56 Å². The summed E-state index contributed by atoms with van der Waals surface area (Å²) in [5, 5.41) is 9.52. The van der Waals surface area contributed by atoms with Crippen LogP contribution in [0.2, 0.25) is 0 Å². The monoisotopic (exact) mass is 398 g/mol. The number of ether oxygens (including phenoxy) is 1. The average molecular weight is 398 g/mol. The number of H-pyrrole nitrogens is 1. The van der Waals surface area contributed by atoms with Gasteiger partial charge in [-0.1, -0.05) is 42.5 Å². The van der Waals surface area contributed by atoms with Crippen molar-refractivity contribution in [1.29, 1.82) is 5.26 Å². The third-order valence-electron chi connectivity index (χ3n) is 4.82. The van der Waals surface area contributed by atoms with E-state index in [-0.39, 0.29) is 17.1 Å². The maximum atomic E-state index is 12.9. The number of carbonyl (C=O) groups is 2. The van der Waals surface area contributed by atoms with Crippen molar-refractivity contribution in [2.75, 3.05) is 0 Å². The Morgan fingerprint density at radius 3 is 2.30 bits per heavy atom. The van der Waals surface area contributed by atoms with Crippen LogP contribution in [0.15, 0.2) is 60.2 Å². The van der Waals surface area contributed by atoms with Crippen molar-refractivity contribution in [2.24, 2.45) is 0 Å². The maximum absolute atomic E-state index is 12.9. The van der Waals surface area contributed by atoms with Gasteiger partial charge in [0, 0.05) is 11.3 Å². The highest BCUT2D eigenvalue weighted by Gasteiger charge is 2.22. The second kappa shape index (κ2) is 9.06. The largest absolute Gasteiger partial charge is 0.489 e. The van der Waals surface area contributed by atoms with E-state index in [1.807, 2.05) is 36.4 Å². The van der Waals surface area contributed by atoms with Crippen molar-refractivity contribution in [3.63, 3.8) is 0 Å². The van der Waals surface area contributed by atoms with Gasteiger partial charge in [-0.15, -0.1) is 0 Å². The van der Waals surface area contributed by atoms with Gasteiger partial charge in [-0.2, -0.15) is 5.26 Å². The molecule has 0 amide bonds. The van der Waals surface area contributed by atoms with Gasteiger partial charge in [0.1, 0.15) is 24.0 Å². The number of aromatic nitrogens is 1. The zero-order valence-electron chi connectivity index (χ0n) is 17.2. The van der Waals surface area contributed by atoms with Crippen molar-refractivity contribution >= 4 is 17.6 Å². The lowest BCUT2D eigenvalue weighted by Crippen LogP contribution is -2.05. The number of hydrogen-bond acceptors (Lipinski definition) is 4. The molecule has 0 unspecified atom stereocenters. The van der Waals surface area contributed by atoms with Crippen molar-refractivity contribution in [1.82, 2.24) is 4.98 Å². The molecule has 0 radical (unpaired) electrons. The fourth-order valence-corrected chi connectivity index (χ4v) is 3.36. The molecule has 3 aromatic rings. The van der Waals surface area contributed by atoms with Crippen molar-refractivity contribution in [3.05, 3.63) is 93.8 Å². The molecular weight excluding hydrogens is 376 g/mol. The summed E-state index contributed by atoms with van der Waals surface area (Å²) in [4.78, 5) is 27.6. The number of aryl methyl sites for hydroxylation is 1. The number of carbonyl (C=O) groups excluding carboxylic acids is 2. The fourth-order valence-electron chi connectivity index (χ4n) is 3.36. The fraction of sp³-hybridized carbons (Fsp3) is 0.160. The van der Waals surface area contributed by atoms with Crippen molar-refractivity contribution in [2.45, 2.75) is 27.4 Å². The lowest BCUT2D eigenvalue weighted by molar-refractivity contribution is 0.101. The molecule has 0 saturated heterocycles. The summed E-state index contributed by atoms with van der Waals surface area (Å²) in [6, 6.07) is 19.0. The van der Waals surface area contributed by atoms with E-state index in [9.17, 15) is 14.9 Å². The third kappa shape index (κ3) is 4.56. The van der Waals surface area contributed by atoms with Crippen LogP contribution in [-0.4, -0.2) is 16.6 Å². The van der Waals surface area contributed by atoms with Crippen LogP contribution >= 0.6 is 0 Å². The molecule has 0 saturated carbocycles. The van der Waals surface area contributed by atoms with Gasteiger partial charge in [0.15, 0.2) is 5.78 Å². The number of benzene rings is 2. The first-order valence-electron chi connectivity index (χ1n) is 9.54. The van der Waals surface area contributed by atoms with Crippen LogP contribution < -0.4 is 4.74 Å². The first kappa shape index (κ1) is 20.8. The molecule has 0 atom stereocenters. The molecule has 0 aliphatic heterocycles. The van der Waals surface area contributed by atoms with E-state index in [4.69, 9.17) is 4.74 Å². The van der Waals surface area contributed by atoms with Crippen LogP contribution in [0, 0.1) is 25.2 Å². The third-order valence-corrected chi connectivity index (χ3v) is 4.82. The molecule has 0 aliphatic rings. The van der Waals surface area contributed by atoms with Gasteiger partial charge in [0.25, 0.3) is 0 Å². The quantitative estimate of drug-likeness (QED) is 0.337. The average Bonchev–Trinajstić information content (AvgIpc) is 3.05. The molecule has 3 rings (SSSR count). The molecular formula is C25H22N2O3. The highest BCUT2D eigenvalue weighted by Crippen LogP contribution is 2.22. The second-order valence-electron chi connectivity index (χ2n) is 7.02. The van der Waals surface area contributed by atoms with Crippen LogP contribution in [-0.2, 0) is 6.61 Å². The minimum Gasteiger partial charge on any atom is -0.489 e.